The number of aryl methyl sites for hydroxylation is 2. The van der Waals surface area contributed by atoms with E-state index in [4.69, 9.17) is 0 Å². The van der Waals surface area contributed by atoms with E-state index in [-0.39, 0.29) is 6.10 Å². The molecule has 4 fully saturated rings. The van der Waals surface area contributed by atoms with E-state index >= 15 is 0 Å². The lowest BCUT2D eigenvalue weighted by Crippen LogP contribution is -2.54. The highest BCUT2D eigenvalue weighted by Crippen LogP contribution is 2.68. The van der Waals surface area contributed by atoms with Crippen LogP contribution in [0.5, 0.6) is 0 Å². The van der Waals surface area contributed by atoms with Gasteiger partial charge in [0.2, 0.25) is 0 Å². The van der Waals surface area contributed by atoms with Gasteiger partial charge in [-0.2, -0.15) is 0 Å². The van der Waals surface area contributed by atoms with Crippen LogP contribution in [0.3, 0.4) is 0 Å². The SMILES string of the molecule is Cc1ccccc1CC[C@@H](C)[C@H]1CC[C@H]2[C@@H]3CCC4C[C@@H](O)CC[C@]4(C)[C@H]3CC[C@]12C. The summed E-state index contributed by atoms with van der Waals surface area (Å²) < 4.78 is 0. The van der Waals surface area contributed by atoms with Gasteiger partial charge in [0.05, 0.1) is 6.10 Å². The van der Waals surface area contributed by atoms with Crippen LogP contribution in [-0.4, -0.2) is 11.2 Å². The Labute approximate surface area is 191 Å². The molecule has 31 heavy (non-hydrogen) atoms. The van der Waals surface area contributed by atoms with Gasteiger partial charge < -0.3 is 5.11 Å². The van der Waals surface area contributed by atoms with Gasteiger partial charge in [0.15, 0.2) is 0 Å². The first-order valence-corrected chi connectivity index (χ1v) is 13.6. The fraction of sp³-hybridized carbons (Fsp3) is 0.800. The van der Waals surface area contributed by atoms with Crippen molar-refractivity contribution in [2.45, 2.75) is 104 Å². The molecule has 5 rings (SSSR count). The molecule has 4 saturated carbocycles. The number of hydrogen-bond acceptors (Lipinski definition) is 1. The summed E-state index contributed by atoms with van der Waals surface area (Å²) in [5.41, 5.74) is 4.11. The van der Waals surface area contributed by atoms with Gasteiger partial charge in [0, 0.05) is 0 Å². The highest BCUT2D eigenvalue weighted by Gasteiger charge is 2.60. The molecular weight excluding hydrogens is 376 g/mol. The molecular formula is C30H46O. The zero-order chi connectivity index (χ0) is 21.8. The van der Waals surface area contributed by atoms with Gasteiger partial charge in [0.1, 0.15) is 0 Å². The maximum atomic E-state index is 10.3. The van der Waals surface area contributed by atoms with E-state index in [1.165, 1.54) is 63.4 Å². The van der Waals surface area contributed by atoms with Gasteiger partial charge in [0.25, 0.3) is 0 Å². The standard InChI is InChI=1S/C30H46O/c1-20-7-5-6-8-22(20)10-9-21(2)26-13-14-27-25-12-11-23-19-24(31)15-17-29(23,3)28(25)16-18-30(26,27)4/h5-8,21,23-28,31H,9-19H2,1-4H3/t21-,23?,24+,25+,26-,27+,28+,29+,30-/m1/s1. The van der Waals surface area contributed by atoms with Gasteiger partial charge >= 0.3 is 0 Å². The Balaban J connectivity index is 1.29. The van der Waals surface area contributed by atoms with Crippen molar-refractivity contribution in [3.63, 3.8) is 0 Å². The van der Waals surface area contributed by atoms with Crippen molar-refractivity contribution in [2.75, 3.05) is 0 Å². The lowest BCUT2D eigenvalue weighted by atomic mass is 9.44. The summed E-state index contributed by atoms with van der Waals surface area (Å²) in [6, 6.07) is 9.00. The van der Waals surface area contributed by atoms with Gasteiger partial charge in [-0.15, -0.1) is 0 Å². The molecule has 0 aromatic heterocycles. The Bertz CT molecular complexity index is 784. The Morgan fingerprint density at radius 3 is 2.48 bits per heavy atom. The molecule has 0 heterocycles. The first-order valence-electron chi connectivity index (χ1n) is 13.6. The minimum Gasteiger partial charge on any atom is -0.393 e. The first kappa shape index (κ1) is 22.0. The largest absolute Gasteiger partial charge is 0.393 e. The molecule has 1 aromatic rings. The summed E-state index contributed by atoms with van der Waals surface area (Å²) in [6.07, 6.45) is 14.7. The first-order chi connectivity index (χ1) is 14.8. The van der Waals surface area contributed by atoms with Crippen LogP contribution in [-0.2, 0) is 6.42 Å². The highest BCUT2D eigenvalue weighted by molar-refractivity contribution is 5.25. The second-order valence-electron chi connectivity index (χ2n) is 12.8. The Hall–Kier alpha value is -0.820. The predicted molar refractivity (Wildman–Crippen MR) is 130 cm³/mol. The molecule has 172 valence electrons. The third kappa shape index (κ3) is 3.62. The smallest absolute Gasteiger partial charge is 0.0543 e. The molecule has 4 aliphatic carbocycles. The van der Waals surface area contributed by atoms with Gasteiger partial charge in [-0.05, 0) is 135 Å². The molecule has 0 spiro atoms. The molecule has 1 nitrogen and oxygen atoms in total. The van der Waals surface area contributed by atoms with Crippen molar-refractivity contribution in [3.05, 3.63) is 35.4 Å². The minimum absolute atomic E-state index is 0.0200. The molecule has 0 bridgehead atoms. The molecule has 1 N–H and O–H groups in total. The van der Waals surface area contributed by atoms with Gasteiger partial charge in [-0.3, -0.25) is 0 Å². The number of aliphatic hydroxyl groups is 1. The molecule has 1 aromatic carbocycles. The third-order valence-electron chi connectivity index (χ3n) is 11.5. The van der Waals surface area contributed by atoms with Crippen LogP contribution in [0, 0.1) is 53.3 Å². The summed E-state index contributed by atoms with van der Waals surface area (Å²) in [5.74, 6) is 5.39. The van der Waals surface area contributed by atoms with Crippen molar-refractivity contribution in [1.82, 2.24) is 0 Å². The number of hydrogen-bond donors (Lipinski definition) is 1. The van der Waals surface area contributed by atoms with Crippen LogP contribution < -0.4 is 0 Å². The fourth-order valence-corrected chi connectivity index (χ4v) is 9.69. The van der Waals surface area contributed by atoms with E-state index in [9.17, 15) is 5.11 Å². The Kier molecular flexibility index (Phi) is 5.81. The van der Waals surface area contributed by atoms with Gasteiger partial charge in [-0.1, -0.05) is 45.0 Å². The molecule has 0 saturated heterocycles. The second-order valence-corrected chi connectivity index (χ2v) is 12.8. The highest BCUT2D eigenvalue weighted by atomic mass is 16.3. The van der Waals surface area contributed by atoms with Crippen LogP contribution in [0.4, 0.5) is 0 Å². The van der Waals surface area contributed by atoms with Crippen molar-refractivity contribution >= 4 is 0 Å². The molecule has 1 unspecified atom stereocenters. The second kappa shape index (κ2) is 8.19. The molecule has 9 atom stereocenters. The molecule has 0 radical (unpaired) electrons. The van der Waals surface area contributed by atoms with Crippen LogP contribution >= 0.6 is 0 Å². The molecule has 4 aliphatic rings. The molecule has 0 aliphatic heterocycles. The van der Waals surface area contributed by atoms with Crippen LogP contribution in [0.15, 0.2) is 24.3 Å². The topological polar surface area (TPSA) is 20.2 Å². The zero-order valence-corrected chi connectivity index (χ0v) is 20.6. The predicted octanol–water partition coefficient (Wildman–Crippen LogP) is 7.58. The number of fused-ring (bicyclic) bond motifs is 5. The number of rotatable bonds is 4. The lowest BCUT2D eigenvalue weighted by molar-refractivity contribution is -0.129. The van der Waals surface area contributed by atoms with Crippen molar-refractivity contribution in [3.8, 4) is 0 Å². The third-order valence-corrected chi connectivity index (χ3v) is 11.5. The van der Waals surface area contributed by atoms with E-state index in [0.29, 0.717) is 10.8 Å². The summed E-state index contributed by atoms with van der Waals surface area (Å²) in [5, 5.41) is 10.3. The van der Waals surface area contributed by atoms with E-state index in [0.717, 1.165) is 48.3 Å². The van der Waals surface area contributed by atoms with Crippen molar-refractivity contribution < 1.29 is 5.11 Å². The Morgan fingerprint density at radius 2 is 1.68 bits per heavy atom. The van der Waals surface area contributed by atoms with E-state index in [1.54, 1.807) is 5.56 Å². The maximum absolute atomic E-state index is 10.3. The van der Waals surface area contributed by atoms with Gasteiger partial charge in [-0.25, -0.2) is 0 Å². The number of benzene rings is 1. The molecule has 1 heteroatoms. The summed E-state index contributed by atoms with van der Waals surface area (Å²) in [7, 11) is 0. The lowest BCUT2D eigenvalue weighted by Gasteiger charge is -2.61. The summed E-state index contributed by atoms with van der Waals surface area (Å²) in [6.45, 7) is 10.2. The average Bonchev–Trinajstić information content (AvgIpc) is 3.11. The monoisotopic (exact) mass is 422 g/mol. The zero-order valence-electron chi connectivity index (χ0n) is 20.6. The Morgan fingerprint density at radius 1 is 0.935 bits per heavy atom. The molecule has 0 amide bonds. The summed E-state index contributed by atoms with van der Waals surface area (Å²) in [4.78, 5) is 0. The quantitative estimate of drug-likeness (QED) is 0.530. The van der Waals surface area contributed by atoms with E-state index < -0.39 is 0 Å². The maximum Gasteiger partial charge on any atom is 0.0543 e. The van der Waals surface area contributed by atoms with Crippen molar-refractivity contribution in [2.24, 2.45) is 46.3 Å². The van der Waals surface area contributed by atoms with E-state index in [1.807, 2.05) is 0 Å². The van der Waals surface area contributed by atoms with Crippen LogP contribution in [0.25, 0.3) is 0 Å². The van der Waals surface area contributed by atoms with Crippen LogP contribution in [0.1, 0.15) is 96.1 Å². The van der Waals surface area contributed by atoms with Crippen molar-refractivity contribution in [1.29, 1.82) is 0 Å². The minimum atomic E-state index is -0.0200. The van der Waals surface area contributed by atoms with E-state index in [2.05, 4.69) is 52.0 Å². The fourth-order valence-electron chi connectivity index (χ4n) is 9.69. The number of aliphatic hydroxyl groups excluding tert-OH is 1. The van der Waals surface area contributed by atoms with Crippen LogP contribution in [0.2, 0.25) is 0 Å². The average molecular weight is 423 g/mol. The summed E-state index contributed by atoms with van der Waals surface area (Å²) >= 11 is 0. The normalized spacial score (nSPS) is 45.5.